The van der Waals surface area contributed by atoms with Crippen LogP contribution in [-0.4, -0.2) is 71.1 Å². The number of ether oxygens (including phenoxy) is 1. The van der Waals surface area contributed by atoms with Crippen LogP contribution in [0.1, 0.15) is 37.3 Å². The maximum Gasteiger partial charge on any atom is 0.248 e. The lowest BCUT2D eigenvalue weighted by Crippen LogP contribution is -2.37. The van der Waals surface area contributed by atoms with Gasteiger partial charge in [-0.15, -0.1) is 0 Å². The van der Waals surface area contributed by atoms with Crippen LogP contribution < -0.4 is 16.0 Å². The predicted molar refractivity (Wildman–Crippen MR) is 167 cm³/mol. The first-order chi connectivity index (χ1) is 20.9. The molecule has 2 aromatic heterocycles. The molecule has 4 heterocycles. The number of hydrogen-bond acceptors (Lipinski definition) is 8. The molecule has 6 rings (SSSR count). The molecule has 3 aromatic rings. The zero-order valence-electron chi connectivity index (χ0n) is 24.5. The molecule has 0 radical (unpaired) electrons. The van der Waals surface area contributed by atoms with Crippen LogP contribution in [0.15, 0.2) is 66.5 Å². The Balaban J connectivity index is 1.11. The summed E-state index contributed by atoms with van der Waals surface area (Å²) in [4.78, 5) is 42.8. The zero-order valence-corrected chi connectivity index (χ0v) is 24.5. The number of rotatable bonds is 8. The molecule has 2 fully saturated rings. The van der Waals surface area contributed by atoms with E-state index >= 15 is 0 Å². The third-order valence-corrected chi connectivity index (χ3v) is 8.20. The van der Waals surface area contributed by atoms with Crippen molar-refractivity contribution in [3.63, 3.8) is 0 Å². The van der Waals surface area contributed by atoms with Crippen LogP contribution in [0.5, 0.6) is 0 Å². The lowest BCUT2D eigenvalue weighted by molar-refractivity contribution is -0.130. The second-order valence-electron chi connectivity index (χ2n) is 11.4. The molecular weight excluding hydrogens is 542 g/mol. The lowest BCUT2D eigenvalue weighted by atomic mass is 9.98. The second kappa shape index (κ2) is 12.7. The van der Waals surface area contributed by atoms with Gasteiger partial charge in [0.05, 0.1) is 25.3 Å². The van der Waals surface area contributed by atoms with E-state index in [-0.39, 0.29) is 17.8 Å². The summed E-state index contributed by atoms with van der Waals surface area (Å²) in [5.41, 5.74) is 12.3. The molecule has 0 spiro atoms. The quantitative estimate of drug-likeness (QED) is 0.382. The van der Waals surface area contributed by atoms with Gasteiger partial charge >= 0.3 is 0 Å². The molecule has 1 saturated heterocycles. The van der Waals surface area contributed by atoms with Crippen molar-refractivity contribution >= 4 is 34.8 Å². The number of allylic oxidation sites excluding steroid dienone is 1. The highest BCUT2D eigenvalue weighted by Crippen LogP contribution is 2.36. The highest BCUT2D eigenvalue weighted by atomic mass is 16.5. The Morgan fingerprint density at radius 3 is 2.47 bits per heavy atom. The number of benzene rings is 1. The van der Waals surface area contributed by atoms with Crippen molar-refractivity contribution in [2.75, 3.05) is 55.3 Å². The van der Waals surface area contributed by atoms with Gasteiger partial charge in [0, 0.05) is 55.9 Å². The number of pyridine rings is 1. The molecule has 222 valence electrons. The molecule has 10 nitrogen and oxygen atoms in total. The van der Waals surface area contributed by atoms with E-state index in [9.17, 15) is 9.59 Å². The van der Waals surface area contributed by atoms with E-state index in [1.807, 2.05) is 36.1 Å². The molecule has 43 heavy (non-hydrogen) atoms. The van der Waals surface area contributed by atoms with Gasteiger partial charge in [-0.1, -0.05) is 23.8 Å². The minimum Gasteiger partial charge on any atom is -0.378 e. The number of aromatic nitrogens is 3. The van der Waals surface area contributed by atoms with Gasteiger partial charge in [0.25, 0.3) is 0 Å². The summed E-state index contributed by atoms with van der Waals surface area (Å²) in [6.07, 6.45) is 10.6. The van der Waals surface area contributed by atoms with Crippen LogP contribution in [0.4, 0.5) is 17.5 Å². The van der Waals surface area contributed by atoms with E-state index in [1.165, 1.54) is 18.4 Å². The van der Waals surface area contributed by atoms with Crippen molar-refractivity contribution in [3.05, 3.63) is 77.6 Å². The van der Waals surface area contributed by atoms with Crippen LogP contribution >= 0.6 is 0 Å². The second-order valence-corrected chi connectivity index (χ2v) is 11.4. The molecule has 1 aliphatic carbocycles. The molecule has 2 amide bonds. The van der Waals surface area contributed by atoms with E-state index in [4.69, 9.17) is 15.5 Å². The summed E-state index contributed by atoms with van der Waals surface area (Å²) in [6, 6.07) is 11.7. The number of nitrogens with two attached hydrogens (primary N) is 1. The van der Waals surface area contributed by atoms with E-state index in [1.54, 1.807) is 18.5 Å². The Morgan fingerprint density at radius 2 is 1.79 bits per heavy atom. The molecule has 2 aliphatic heterocycles. The minimum atomic E-state index is -0.107. The monoisotopic (exact) mass is 579 g/mol. The summed E-state index contributed by atoms with van der Waals surface area (Å²) < 4.78 is 5.54. The molecule has 1 aromatic carbocycles. The molecule has 3 aliphatic rings. The minimum absolute atomic E-state index is 0.0820. The van der Waals surface area contributed by atoms with Gasteiger partial charge in [-0.2, -0.15) is 0 Å². The van der Waals surface area contributed by atoms with Crippen molar-refractivity contribution in [3.8, 4) is 11.3 Å². The highest BCUT2D eigenvalue weighted by Gasteiger charge is 2.24. The highest BCUT2D eigenvalue weighted by molar-refractivity contribution is 5.99. The van der Waals surface area contributed by atoms with Crippen molar-refractivity contribution in [1.82, 2.24) is 19.9 Å². The number of hydrogen-bond donors (Lipinski definition) is 2. The van der Waals surface area contributed by atoms with E-state index in [0.29, 0.717) is 38.6 Å². The number of nitrogens with one attached hydrogen (secondary N) is 1. The number of nitrogen functional groups attached to an aromatic ring is 1. The fraction of sp³-hybridized carbons (Fsp3) is 0.364. The Hall–Kier alpha value is -4.57. The first-order valence-electron chi connectivity index (χ1n) is 14.9. The average molecular weight is 580 g/mol. The first kappa shape index (κ1) is 28.5. The lowest BCUT2D eigenvalue weighted by Gasteiger charge is -2.30. The Labute approximate surface area is 251 Å². The molecule has 3 N–H and O–H groups in total. The Kier molecular flexibility index (Phi) is 8.46. The smallest absolute Gasteiger partial charge is 0.248 e. The average Bonchev–Trinajstić information content (AvgIpc) is 3.89. The van der Waals surface area contributed by atoms with Crippen molar-refractivity contribution < 1.29 is 14.3 Å². The van der Waals surface area contributed by atoms with Crippen LogP contribution in [0.2, 0.25) is 0 Å². The third-order valence-electron chi connectivity index (χ3n) is 8.20. The number of amides is 2. The fourth-order valence-electron chi connectivity index (χ4n) is 5.47. The van der Waals surface area contributed by atoms with Gasteiger partial charge in [0.15, 0.2) is 0 Å². The van der Waals surface area contributed by atoms with Crippen molar-refractivity contribution in [2.45, 2.75) is 32.6 Å². The molecule has 0 unspecified atom stereocenters. The number of nitrogens with zero attached hydrogens (tertiary/aromatic N) is 5. The molecule has 0 bridgehead atoms. The number of morpholine rings is 1. The van der Waals surface area contributed by atoms with Gasteiger partial charge < -0.3 is 25.6 Å². The van der Waals surface area contributed by atoms with Crippen LogP contribution in [0.3, 0.4) is 0 Å². The number of anilines is 3. The largest absolute Gasteiger partial charge is 0.378 e. The fourth-order valence-corrected chi connectivity index (χ4v) is 5.47. The molecule has 0 atom stereocenters. The van der Waals surface area contributed by atoms with Crippen LogP contribution in [0, 0.1) is 5.92 Å². The topological polar surface area (TPSA) is 127 Å². The molecule has 10 heteroatoms. The van der Waals surface area contributed by atoms with Gasteiger partial charge in [0.1, 0.15) is 5.82 Å². The van der Waals surface area contributed by atoms with Gasteiger partial charge in [-0.3, -0.25) is 9.59 Å². The third kappa shape index (κ3) is 7.26. The predicted octanol–water partition coefficient (Wildman–Crippen LogP) is 4.11. The van der Waals surface area contributed by atoms with Crippen LogP contribution in [-0.2, 0) is 20.7 Å². The zero-order chi connectivity index (χ0) is 29.8. The first-order valence-corrected chi connectivity index (χ1v) is 14.9. The van der Waals surface area contributed by atoms with E-state index < -0.39 is 0 Å². The molecule has 1 saturated carbocycles. The normalized spacial score (nSPS) is 17.4. The van der Waals surface area contributed by atoms with E-state index in [2.05, 4.69) is 38.4 Å². The van der Waals surface area contributed by atoms with Crippen LogP contribution in [0.25, 0.3) is 16.8 Å². The summed E-state index contributed by atoms with van der Waals surface area (Å²) in [5, 5.41) is 2.92. The number of carbonyl (C=O) groups excluding carboxylic acids is 2. The maximum atomic E-state index is 13.2. The summed E-state index contributed by atoms with van der Waals surface area (Å²) in [5.74, 6) is 1.66. The summed E-state index contributed by atoms with van der Waals surface area (Å²) in [7, 11) is 0. The van der Waals surface area contributed by atoms with E-state index in [0.717, 1.165) is 59.0 Å². The van der Waals surface area contributed by atoms with Gasteiger partial charge in [-0.05, 0) is 73.1 Å². The Bertz CT molecular complexity index is 1540. The summed E-state index contributed by atoms with van der Waals surface area (Å²) >= 11 is 0. The Morgan fingerprint density at radius 1 is 1.05 bits per heavy atom. The van der Waals surface area contributed by atoms with Crippen molar-refractivity contribution in [1.29, 1.82) is 0 Å². The SMILES string of the molecule is C/C(=C/C(=O)Nc1ccc(CC(=O)N2CC=C(c3cc(-c4cnc(N)nc4)nc(N4CCOCC4)c3)CC2)cc1)C1CC1. The standard InChI is InChI=1S/C33H37N7O3/c1-22(24-4-5-24)16-31(41)37-28-6-2-23(3-7-28)17-32(42)40-10-8-25(9-11-40)26-18-29(27-20-35-33(34)36-21-27)38-30(19-26)39-12-14-43-15-13-39/h2-3,6-8,16,18-21,24H,4-5,9-15,17H2,1H3,(H,37,41)(H2,34,35,36)/b22-16-. The van der Waals surface area contributed by atoms with Crippen molar-refractivity contribution in [2.24, 2.45) is 5.92 Å². The van der Waals surface area contributed by atoms with Gasteiger partial charge in [0.2, 0.25) is 17.8 Å². The van der Waals surface area contributed by atoms with Gasteiger partial charge in [-0.25, -0.2) is 15.0 Å². The maximum absolute atomic E-state index is 13.2. The molecular formula is C33H37N7O3. The summed E-state index contributed by atoms with van der Waals surface area (Å²) in [6.45, 7) is 6.09. The number of carbonyl (C=O) groups is 2.